The van der Waals surface area contributed by atoms with E-state index in [2.05, 4.69) is 55.6 Å². The Hall–Kier alpha value is -2.62. The van der Waals surface area contributed by atoms with E-state index in [1.807, 2.05) is 19.1 Å². The highest BCUT2D eigenvalue weighted by atomic mass is 16.2. The molecular formula is C28H38N2O2. The fourth-order valence-corrected chi connectivity index (χ4v) is 4.50. The molecular weight excluding hydrogens is 396 g/mol. The van der Waals surface area contributed by atoms with Gasteiger partial charge in [0.25, 0.3) is 0 Å². The number of nitrogens with zero attached hydrogens (tertiary/aromatic N) is 1. The fourth-order valence-electron chi connectivity index (χ4n) is 4.50. The van der Waals surface area contributed by atoms with Gasteiger partial charge < -0.3 is 10.2 Å². The topological polar surface area (TPSA) is 49.4 Å². The summed E-state index contributed by atoms with van der Waals surface area (Å²) in [5, 5.41) is 3.20. The molecule has 172 valence electrons. The number of carbonyl (C=O) groups excluding carboxylic acids is 2. The van der Waals surface area contributed by atoms with Crippen molar-refractivity contribution in [3.8, 4) is 0 Å². The average Bonchev–Trinajstić information content (AvgIpc) is 2.81. The molecule has 4 nitrogen and oxygen atoms in total. The van der Waals surface area contributed by atoms with E-state index in [1.54, 1.807) is 4.90 Å². The first-order valence-corrected chi connectivity index (χ1v) is 12.2. The second kappa shape index (κ2) is 11.8. The smallest absolute Gasteiger partial charge is 0.242 e. The van der Waals surface area contributed by atoms with Crippen LogP contribution in [0.1, 0.15) is 74.6 Å². The zero-order valence-electron chi connectivity index (χ0n) is 19.9. The van der Waals surface area contributed by atoms with Crippen molar-refractivity contribution in [2.24, 2.45) is 0 Å². The molecule has 0 spiro atoms. The molecule has 1 N–H and O–H groups in total. The van der Waals surface area contributed by atoms with Crippen LogP contribution < -0.4 is 5.32 Å². The van der Waals surface area contributed by atoms with E-state index in [0.29, 0.717) is 19.4 Å². The van der Waals surface area contributed by atoms with Gasteiger partial charge in [-0.15, -0.1) is 0 Å². The van der Waals surface area contributed by atoms with Crippen molar-refractivity contribution < 1.29 is 9.59 Å². The predicted molar refractivity (Wildman–Crippen MR) is 130 cm³/mol. The molecule has 1 atom stereocenters. The van der Waals surface area contributed by atoms with Crippen LogP contribution in [-0.4, -0.2) is 28.8 Å². The number of hydrogen-bond acceptors (Lipinski definition) is 2. The number of carbonyl (C=O) groups is 2. The van der Waals surface area contributed by atoms with Crippen LogP contribution in [0.15, 0.2) is 48.5 Å². The lowest BCUT2D eigenvalue weighted by Gasteiger charge is -2.31. The van der Waals surface area contributed by atoms with Gasteiger partial charge in [0, 0.05) is 19.0 Å². The van der Waals surface area contributed by atoms with Crippen molar-refractivity contribution in [1.82, 2.24) is 10.2 Å². The number of nitrogens with one attached hydrogen (secondary N) is 1. The summed E-state index contributed by atoms with van der Waals surface area (Å²) in [5.74, 6) is -0.0115. The lowest BCUT2D eigenvalue weighted by Crippen LogP contribution is -2.50. The zero-order chi connectivity index (χ0) is 22.9. The third-order valence-electron chi connectivity index (χ3n) is 6.61. The minimum absolute atomic E-state index is 0.0253. The molecule has 0 bridgehead atoms. The van der Waals surface area contributed by atoms with Crippen molar-refractivity contribution in [1.29, 1.82) is 0 Å². The van der Waals surface area contributed by atoms with Crippen molar-refractivity contribution in [2.75, 3.05) is 0 Å². The molecule has 0 saturated heterocycles. The quantitative estimate of drug-likeness (QED) is 0.578. The van der Waals surface area contributed by atoms with Gasteiger partial charge in [0.15, 0.2) is 0 Å². The highest BCUT2D eigenvalue weighted by Gasteiger charge is 2.27. The molecule has 1 fully saturated rings. The van der Waals surface area contributed by atoms with Gasteiger partial charge in [-0.2, -0.15) is 0 Å². The molecule has 0 unspecified atom stereocenters. The van der Waals surface area contributed by atoms with Gasteiger partial charge in [0.05, 0.1) is 0 Å². The number of hydrogen-bond donors (Lipinski definition) is 1. The lowest BCUT2D eigenvalue weighted by molar-refractivity contribution is -0.141. The first-order valence-electron chi connectivity index (χ1n) is 12.2. The van der Waals surface area contributed by atoms with Crippen LogP contribution in [0, 0.1) is 6.92 Å². The minimum atomic E-state index is -0.493. The Morgan fingerprint density at radius 3 is 2.34 bits per heavy atom. The van der Waals surface area contributed by atoms with E-state index in [1.165, 1.54) is 24.8 Å². The Kier molecular flexibility index (Phi) is 8.90. The number of benzene rings is 2. The maximum atomic E-state index is 13.3. The summed E-state index contributed by atoms with van der Waals surface area (Å²) in [6, 6.07) is 16.4. The molecule has 2 aromatic carbocycles. The molecule has 0 heterocycles. The zero-order valence-corrected chi connectivity index (χ0v) is 19.9. The van der Waals surface area contributed by atoms with Crippen LogP contribution >= 0.6 is 0 Å². The third kappa shape index (κ3) is 6.94. The van der Waals surface area contributed by atoms with Crippen LogP contribution in [0.2, 0.25) is 0 Å². The first-order chi connectivity index (χ1) is 15.5. The number of amides is 2. The van der Waals surface area contributed by atoms with Crippen LogP contribution in [0.5, 0.6) is 0 Å². The molecule has 1 aliphatic rings. The van der Waals surface area contributed by atoms with Crippen molar-refractivity contribution >= 4 is 11.8 Å². The SMILES string of the molecule is CCc1ccc(CCC(=O)N(Cc2cccc(C)c2)[C@H](C)C(=O)NC2CCCCC2)cc1. The predicted octanol–water partition coefficient (Wildman–Crippen LogP) is 5.36. The molecule has 2 aromatic rings. The van der Waals surface area contributed by atoms with E-state index in [0.717, 1.165) is 36.0 Å². The molecule has 0 aromatic heterocycles. The molecule has 1 saturated carbocycles. The fraction of sp³-hybridized carbons (Fsp3) is 0.500. The summed E-state index contributed by atoms with van der Waals surface area (Å²) < 4.78 is 0. The normalized spacial score (nSPS) is 15.2. The second-order valence-electron chi connectivity index (χ2n) is 9.20. The summed E-state index contributed by atoms with van der Waals surface area (Å²) >= 11 is 0. The summed E-state index contributed by atoms with van der Waals surface area (Å²) in [7, 11) is 0. The Morgan fingerprint density at radius 2 is 1.69 bits per heavy atom. The van der Waals surface area contributed by atoms with E-state index in [9.17, 15) is 9.59 Å². The summed E-state index contributed by atoms with van der Waals surface area (Å²) in [6.07, 6.45) is 7.76. The molecule has 4 heteroatoms. The van der Waals surface area contributed by atoms with Gasteiger partial charge in [0.2, 0.25) is 11.8 Å². The van der Waals surface area contributed by atoms with Gasteiger partial charge in [0.1, 0.15) is 6.04 Å². The Morgan fingerprint density at radius 1 is 1.00 bits per heavy atom. The van der Waals surface area contributed by atoms with Crippen LogP contribution in [0.25, 0.3) is 0 Å². The largest absolute Gasteiger partial charge is 0.352 e. The third-order valence-corrected chi connectivity index (χ3v) is 6.61. The highest BCUT2D eigenvalue weighted by Crippen LogP contribution is 2.19. The van der Waals surface area contributed by atoms with E-state index < -0.39 is 6.04 Å². The Labute approximate surface area is 193 Å². The van der Waals surface area contributed by atoms with Crippen LogP contribution in [-0.2, 0) is 29.0 Å². The average molecular weight is 435 g/mol. The summed E-state index contributed by atoms with van der Waals surface area (Å²) in [5.41, 5.74) is 4.67. The Balaban J connectivity index is 1.69. The van der Waals surface area contributed by atoms with E-state index >= 15 is 0 Å². The minimum Gasteiger partial charge on any atom is -0.352 e. The van der Waals surface area contributed by atoms with Gasteiger partial charge in [-0.25, -0.2) is 0 Å². The number of rotatable bonds is 9. The van der Waals surface area contributed by atoms with Crippen molar-refractivity contribution in [3.05, 3.63) is 70.8 Å². The molecule has 32 heavy (non-hydrogen) atoms. The lowest BCUT2D eigenvalue weighted by atomic mass is 9.95. The second-order valence-corrected chi connectivity index (χ2v) is 9.20. The summed E-state index contributed by atoms with van der Waals surface area (Å²) in [6.45, 7) is 6.51. The standard InChI is InChI=1S/C28H38N2O2/c1-4-23-13-15-24(16-14-23)17-18-27(31)30(20-25-10-8-9-21(2)19-25)22(3)28(32)29-26-11-6-5-7-12-26/h8-10,13-16,19,22,26H,4-7,11-12,17-18,20H2,1-3H3,(H,29,32)/t22-/m1/s1. The van der Waals surface area contributed by atoms with Gasteiger partial charge in [-0.1, -0.05) is 80.3 Å². The van der Waals surface area contributed by atoms with E-state index in [-0.39, 0.29) is 17.9 Å². The van der Waals surface area contributed by atoms with Crippen LogP contribution in [0.3, 0.4) is 0 Å². The molecule has 0 radical (unpaired) electrons. The van der Waals surface area contributed by atoms with E-state index in [4.69, 9.17) is 0 Å². The van der Waals surface area contributed by atoms with Gasteiger partial charge in [-0.3, -0.25) is 9.59 Å². The first kappa shape index (κ1) is 24.0. The van der Waals surface area contributed by atoms with Gasteiger partial charge in [-0.05, 0) is 56.2 Å². The molecule has 3 rings (SSSR count). The molecule has 2 amide bonds. The number of aryl methyl sites for hydroxylation is 3. The van der Waals surface area contributed by atoms with Crippen molar-refractivity contribution in [2.45, 2.75) is 90.8 Å². The monoisotopic (exact) mass is 434 g/mol. The summed E-state index contributed by atoms with van der Waals surface area (Å²) in [4.78, 5) is 28.1. The highest BCUT2D eigenvalue weighted by molar-refractivity contribution is 5.87. The van der Waals surface area contributed by atoms with Crippen molar-refractivity contribution in [3.63, 3.8) is 0 Å². The Bertz CT molecular complexity index is 885. The maximum Gasteiger partial charge on any atom is 0.242 e. The molecule has 0 aliphatic heterocycles. The van der Waals surface area contributed by atoms with Gasteiger partial charge >= 0.3 is 0 Å². The maximum absolute atomic E-state index is 13.3. The molecule has 1 aliphatic carbocycles. The van der Waals surface area contributed by atoms with Crippen LogP contribution in [0.4, 0.5) is 0 Å².